The van der Waals surface area contributed by atoms with Crippen molar-refractivity contribution in [1.29, 1.82) is 0 Å². The van der Waals surface area contributed by atoms with E-state index in [1.54, 1.807) is 12.3 Å². The maximum Gasteiger partial charge on any atom is 0.254 e. The molecule has 3 heterocycles. The molecular weight excluding hydrogens is 318 g/mol. The number of nitrogens with zero attached hydrogens (tertiary/aromatic N) is 3. The van der Waals surface area contributed by atoms with Gasteiger partial charge in [-0.15, -0.1) is 0 Å². The molecule has 1 aromatic rings. The van der Waals surface area contributed by atoms with Gasteiger partial charge in [0.05, 0.1) is 19.3 Å². The van der Waals surface area contributed by atoms with Crippen molar-refractivity contribution in [2.75, 3.05) is 44.3 Å². The van der Waals surface area contributed by atoms with Crippen molar-refractivity contribution >= 4 is 11.7 Å². The highest BCUT2D eigenvalue weighted by Gasteiger charge is 2.45. The number of carbonyl (C=O) groups excluding carboxylic acids is 1. The fraction of sp³-hybridized carbons (Fsp3) is 0.684. The first kappa shape index (κ1) is 16.8. The van der Waals surface area contributed by atoms with Gasteiger partial charge in [-0.1, -0.05) is 6.42 Å². The van der Waals surface area contributed by atoms with E-state index in [4.69, 9.17) is 4.74 Å². The van der Waals surface area contributed by atoms with Crippen LogP contribution in [0.25, 0.3) is 0 Å². The van der Waals surface area contributed by atoms with Crippen LogP contribution in [-0.2, 0) is 4.74 Å². The molecule has 136 valence electrons. The molecule has 1 spiro atoms. The summed E-state index contributed by atoms with van der Waals surface area (Å²) in [5.41, 5.74) is 0.711. The summed E-state index contributed by atoms with van der Waals surface area (Å²) in [7, 11) is 0. The molecule has 6 nitrogen and oxygen atoms in total. The molecule has 0 aromatic carbocycles. The molecule has 2 atom stereocenters. The Bertz CT molecular complexity index is 632. The average Bonchev–Trinajstić information content (AvgIpc) is 3.01. The van der Waals surface area contributed by atoms with E-state index in [1.165, 1.54) is 0 Å². The Morgan fingerprint density at radius 2 is 2.04 bits per heavy atom. The Kier molecular flexibility index (Phi) is 4.65. The molecule has 2 saturated heterocycles. The monoisotopic (exact) mass is 345 g/mol. The predicted octanol–water partition coefficient (Wildman–Crippen LogP) is 1.69. The van der Waals surface area contributed by atoms with Crippen LogP contribution < -0.4 is 4.90 Å². The minimum atomic E-state index is -0.200. The van der Waals surface area contributed by atoms with Gasteiger partial charge in [0.2, 0.25) is 0 Å². The second kappa shape index (κ2) is 6.92. The van der Waals surface area contributed by atoms with Gasteiger partial charge in [-0.3, -0.25) is 4.79 Å². The minimum Gasteiger partial charge on any atom is -0.392 e. The highest BCUT2D eigenvalue weighted by atomic mass is 16.5. The minimum absolute atomic E-state index is 0.0180. The van der Waals surface area contributed by atoms with Gasteiger partial charge < -0.3 is 19.6 Å². The van der Waals surface area contributed by atoms with Crippen molar-refractivity contribution < 1.29 is 14.6 Å². The van der Waals surface area contributed by atoms with Crippen LogP contribution in [-0.4, -0.2) is 66.4 Å². The number of rotatable bonds is 2. The van der Waals surface area contributed by atoms with Gasteiger partial charge in [-0.25, -0.2) is 4.98 Å². The summed E-state index contributed by atoms with van der Waals surface area (Å²) >= 11 is 0. The van der Waals surface area contributed by atoms with E-state index in [0.29, 0.717) is 31.9 Å². The Hall–Kier alpha value is -1.66. The van der Waals surface area contributed by atoms with Crippen molar-refractivity contribution in [1.82, 2.24) is 9.88 Å². The molecule has 2 aliphatic heterocycles. The van der Waals surface area contributed by atoms with E-state index >= 15 is 0 Å². The Balaban J connectivity index is 1.52. The van der Waals surface area contributed by atoms with Crippen LogP contribution in [0, 0.1) is 5.41 Å². The van der Waals surface area contributed by atoms with Crippen LogP contribution in [0.3, 0.4) is 0 Å². The number of ether oxygens (including phenoxy) is 1. The Labute approximate surface area is 148 Å². The van der Waals surface area contributed by atoms with Gasteiger partial charge in [0.1, 0.15) is 5.82 Å². The third-order valence-corrected chi connectivity index (χ3v) is 6.08. The third-order valence-electron chi connectivity index (χ3n) is 6.08. The fourth-order valence-corrected chi connectivity index (χ4v) is 4.63. The van der Waals surface area contributed by atoms with E-state index in [-0.39, 0.29) is 17.4 Å². The van der Waals surface area contributed by atoms with E-state index < -0.39 is 0 Å². The molecule has 6 heteroatoms. The lowest BCUT2D eigenvalue weighted by atomic mass is 9.76. The van der Waals surface area contributed by atoms with Crippen LogP contribution in [0.5, 0.6) is 0 Å². The number of pyridine rings is 1. The number of hydrogen-bond acceptors (Lipinski definition) is 5. The molecule has 0 unspecified atom stereocenters. The summed E-state index contributed by atoms with van der Waals surface area (Å²) in [6.45, 7) is 4.30. The van der Waals surface area contributed by atoms with Crippen molar-refractivity contribution in [2.24, 2.45) is 5.41 Å². The summed E-state index contributed by atoms with van der Waals surface area (Å²) in [5.74, 6) is 0.914. The molecule has 4 rings (SSSR count). The lowest BCUT2D eigenvalue weighted by Gasteiger charge is -2.43. The van der Waals surface area contributed by atoms with Crippen LogP contribution >= 0.6 is 0 Å². The average molecular weight is 345 g/mol. The van der Waals surface area contributed by atoms with Gasteiger partial charge >= 0.3 is 0 Å². The Morgan fingerprint density at radius 3 is 2.80 bits per heavy atom. The van der Waals surface area contributed by atoms with E-state index in [9.17, 15) is 9.90 Å². The van der Waals surface area contributed by atoms with Gasteiger partial charge in [-0.05, 0) is 37.8 Å². The summed E-state index contributed by atoms with van der Waals surface area (Å²) in [6.07, 6.45) is 6.81. The van der Waals surface area contributed by atoms with Crippen LogP contribution in [0.2, 0.25) is 0 Å². The summed E-state index contributed by atoms with van der Waals surface area (Å²) < 4.78 is 5.33. The molecule has 25 heavy (non-hydrogen) atoms. The number of aliphatic hydroxyl groups excluding tert-OH is 1. The predicted molar refractivity (Wildman–Crippen MR) is 94.7 cm³/mol. The third kappa shape index (κ3) is 3.25. The largest absolute Gasteiger partial charge is 0.392 e. The van der Waals surface area contributed by atoms with Crippen LogP contribution in [0.1, 0.15) is 42.5 Å². The molecule has 1 aliphatic carbocycles. The smallest absolute Gasteiger partial charge is 0.254 e. The topological polar surface area (TPSA) is 65.9 Å². The molecular formula is C19H27N3O3. The molecule has 3 fully saturated rings. The van der Waals surface area contributed by atoms with Crippen molar-refractivity contribution in [2.45, 2.75) is 38.2 Å². The molecule has 3 aliphatic rings. The van der Waals surface area contributed by atoms with Crippen molar-refractivity contribution in [3.8, 4) is 0 Å². The van der Waals surface area contributed by atoms with Crippen LogP contribution in [0.4, 0.5) is 5.82 Å². The number of carbonyl (C=O) groups is 1. The number of aliphatic hydroxyl groups is 1. The fourth-order valence-electron chi connectivity index (χ4n) is 4.63. The summed E-state index contributed by atoms with van der Waals surface area (Å²) in [5, 5.41) is 10.5. The lowest BCUT2D eigenvalue weighted by Crippen LogP contribution is -2.47. The zero-order valence-corrected chi connectivity index (χ0v) is 14.7. The second-order valence-electron chi connectivity index (χ2n) is 7.60. The Morgan fingerprint density at radius 1 is 1.24 bits per heavy atom. The van der Waals surface area contributed by atoms with E-state index in [1.807, 2.05) is 11.0 Å². The molecule has 0 bridgehead atoms. The zero-order chi connectivity index (χ0) is 17.3. The maximum absolute atomic E-state index is 12.7. The van der Waals surface area contributed by atoms with Gasteiger partial charge in [0, 0.05) is 43.4 Å². The molecule has 1 saturated carbocycles. The highest BCUT2D eigenvalue weighted by Crippen LogP contribution is 2.45. The van der Waals surface area contributed by atoms with E-state index in [0.717, 1.165) is 51.0 Å². The summed E-state index contributed by atoms with van der Waals surface area (Å²) in [4.78, 5) is 21.3. The molecule has 0 radical (unpaired) electrons. The zero-order valence-electron chi connectivity index (χ0n) is 14.7. The maximum atomic E-state index is 12.7. The first-order valence-corrected chi connectivity index (χ1v) is 9.44. The first-order valence-electron chi connectivity index (χ1n) is 9.44. The first-order chi connectivity index (χ1) is 12.2. The number of anilines is 1. The summed E-state index contributed by atoms with van der Waals surface area (Å²) in [6, 6.07) is 3.71. The normalized spacial score (nSPS) is 30.0. The highest BCUT2D eigenvalue weighted by molar-refractivity contribution is 5.94. The molecule has 1 N–H and O–H groups in total. The quantitative estimate of drug-likeness (QED) is 0.883. The molecule has 1 aromatic heterocycles. The van der Waals surface area contributed by atoms with Crippen LogP contribution in [0.15, 0.2) is 18.3 Å². The number of aromatic nitrogens is 1. The lowest BCUT2D eigenvalue weighted by molar-refractivity contribution is 0.0302. The van der Waals surface area contributed by atoms with E-state index in [2.05, 4.69) is 9.88 Å². The number of hydrogen-bond donors (Lipinski definition) is 1. The van der Waals surface area contributed by atoms with Crippen molar-refractivity contribution in [3.05, 3.63) is 23.9 Å². The standard InChI is InChI=1S/C19H27N3O3/c23-16-3-1-5-19(16)6-2-8-22(14-19)17-13-15(4-7-20-17)18(24)21-9-11-25-12-10-21/h4,7,13,16,23H,1-3,5-6,8-12,14H2/t16-,19-/m1/s1. The van der Waals surface area contributed by atoms with Gasteiger partial charge in [0.25, 0.3) is 5.91 Å². The molecule has 1 amide bonds. The number of amides is 1. The van der Waals surface area contributed by atoms with Gasteiger partial charge in [-0.2, -0.15) is 0 Å². The van der Waals surface area contributed by atoms with Gasteiger partial charge in [0.15, 0.2) is 0 Å². The number of morpholine rings is 1. The SMILES string of the molecule is O=C(c1ccnc(N2CCC[C@]3(CCC[C@H]3O)C2)c1)N1CCOCC1. The second-order valence-corrected chi connectivity index (χ2v) is 7.60. The number of piperidine rings is 1. The van der Waals surface area contributed by atoms with Crippen molar-refractivity contribution in [3.63, 3.8) is 0 Å².